The minimum Gasteiger partial charge on any atom is -0.329 e. The zero-order valence-corrected chi connectivity index (χ0v) is 9.81. The Morgan fingerprint density at radius 2 is 2.31 bits per heavy atom. The molecule has 1 rings (SSSR count). The Morgan fingerprint density at radius 1 is 1.56 bits per heavy atom. The Labute approximate surface area is 95.9 Å². The monoisotopic (exact) mass is 219 g/mol. The molecule has 86 valence electrons. The lowest BCUT2D eigenvalue weighted by molar-refractivity contribution is 0.111. The highest BCUT2D eigenvalue weighted by atomic mass is 16.1. The molecule has 0 spiro atoms. The summed E-state index contributed by atoms with van der Waals surface area (Å²) in [5.74, 6) is 0.472. The van der Waals surface area contributed by atoms with E-state index in [-0.39, 0.29) is 5.41 Å². The maximum atomic E-state index is 10.6. The Balaban J connectivity index is 2.32. The van der Waals surface area contributed by atoms with Gasteiger partial charge in [0, 0.05) is 18.9 Å². The van der Waals surface area contributed by atoms with Crippen molar-refractivity contribution in [1.29, 1.82) is 5.26 Å². The van der Waals surface area contributed by atoms with Gasteiger partial charge in [-0.25, -0.2) is 4.98 Å². The molecule has 0 aliphatic rings. The van der Waals surface area contributed by atoms with Crippen molar-refractivity contribution in [2.24, 2.45) is 5.41 Å². The van der Waals surface area contributed by atoms with Crippen LogP contribution in [0.25, 0.3) is 0 Å². The van der Waals surface area contributed by atoms with Crippen molar-refractivity contribution in [2.45, 2.75) is 39.7 Å². The fourth-order valence-electron chi connectivity index (χ4n) is 1.53. The molecule has 16 heavy (non-hydrogen) atoms. The number of rotatable bonds is 6. The molecule has 0 amide bonds. The van der Waals surface area contributed by atoms with Crippen molar-refractivity contribution in [1.82, 2.24) is 9.55 Å². The molecule has 0 aliphatic heterocycles. The quantitative estimate of drug-likeness (QED) is 0.545. The molecule has 0 aliphatic carbocycles. The van der Waals surface area contributed by atoms with Crippen LogP contribution in [0.1, 0.15) is 43.7 Å². The maximum Gasteiger partial charge on any atom is 0.185 e. The highest BCUT2D eigenvalue weighted by molar-refractivity contribution is 5.69. The molecule has 0 radical (unpaired) electrons. The van der Waals surface area contributed by atoms with Gasteiger partial charge in [-0.3, -0.25) is 4.79 Å². The number of aromatic nitrogens is 2. The fraction of sp³-hybridized carbons (Fsp3) is 0.583. The second-order valence-corrected chi connectivity index (χ2v) is 4.55. The first-order valence-corrected chi connectivity index (χ1v) is 5.46. The lowest BCUT2D eigenvalue weighted by Gasteiger charge is -2.14. The number of carbonyl (C=O) groups is 1. The molecule has 1 heterocycles. The van der Waals surface area contributed by atoms with E-state index in [4.69, 9.17) is 5.26 Å². The molecule has 0 bridgehead atoms. The third-order valence-electron chi connectivity index (χ3n) is 2.61. The highest BCUT2D eigenvalue weighted by Gasteiger charge is 2.15. The maximum absolute atomic E-state index is 10.6. The summed E-state index contributed by atoms with van der Waals surface area (Å²) in [4.78, 5) is 14.5. The number of aldehydes is 1. The van der Waals surface area contributed by atoms with E-state index in [0.29, 0.717) is 5.82 Å². The largest absolute Gasteiger partial charge is 0.329 e. The number of hydrogen-bond donors (Lipinski definition) is 0. The van der Waals surface area contributed by atoms with Gasteiger partial charge >= 0.3 is 0 Å². The van der Waals surface area contributed by atoms with E-state index in [1.165, 1.54) is 0 Å². The van der Waals surface area contributed by atoms with Gasteiger partial charge in [-0.05, 0) is 26.7 Å². The fourth-order valence-corrected chi connectivity index (χ4v) is 1.53. The van der Waals surface area contributed by atoms with Crippen molar-refractivity contribution in [3.8, 4) is 6.07 Å². The topological polar surface area (TPSA) is 58.7 Å². The van der Waals surface area contributed by atoms with Crippen LogP contribution in [0, 0.1) is 16.7 Å². The smallest absolute Gasteiger partial charge is 0.185 e. The van der Waals surface area contributed by atoms with Crippen LogP contribution in [0.3, 0.4) is 0 Å². The van der Waals surface area contributed by atoms with Crippen LogP contribution < -0.4 is 0 Å². The van der Waals surface area contributed by atoms with Crippen LogP contribution in [0.15, 0.2) is 12.4 Å². The standard InChI is InChI=1S/C12H17N3O/c1-12(2,10-13)5-3-4-7-15-8-6-14-11(15)9-16/h6,8-9H,3-5,7H2,1-2H3. The van der Waals surface area contributed by atoms with Gasteiger partial charge in [0.15, 0.2) is 12.1 Å². The highest BCUT2D eigenvalue weighted by Crippen LogP contribution is 2.21. The average molecular weight is 219 g/mol. The summed E-state index contributed by atoms with van der Waals surface area (Å²) in [5, 5.41) is 8.85. The lowest BCUT2D eigenvalue weighted by Crippen LogP contribution is -2.08. The van der Waals surface area contributed by atoms with Gasteiger partial charge < -0.3 is 4.57 Å². The Kier molecular flexibility index (Phi) is 4.24. The van der Waals surface area contributed by atoms with Crippen LogP contribution in [0.2, 0.25) is 0 Å². The second kappa shape index (κ2) is 5.45. The van der Waals surface area contributed by atoms with Crippen molar-refractivity contribution in [3.05, 3.63) is 18.2 Å². The van der Waals surface area contributed by atoms with E-state index in [9.17, 15) is 4.79 Å². The number of nitrogens with zero attached hydrogens (tertiary/aromatic N) is 3. The first-order chi connectivity index (χ1) is 7.59. The third-order valence-corrected chi connectivity index (χ3v) is 2.61. The lowest BCUT2D eigenvalue weighted by atomic mass is 9.89. The van der Waals surface area contributed by atoms with E-state index in [1.807, 2.05) is 18.4 Å². The average Bonchev–Trinajstić information content (AvgIpc) is 2.72. The van der Waals surface area contributed by atoms with Gasteiger partial charge in [-0.1, -0.05) is 6.42 Å². The Bertz CT molecular complexity index is 387. The van der Waals surface area contributed by atoms with Gasteiger partial charge in [-0.2, -0.15) is 5.26 Å². The molecule has 4 heteroatoms. The summed E-state index contributed by atoms with van der Waals surface area (Å²) in [7, 11) is 0. The summed E-state index contributed by atoms with van der Waals surface area (Å²) < 4.78 is 1.84. The van der Waals surface area contributed by atoms with E-state index >= 15 is 0 Å². The minimum absolute atomic E-state index is 0.248. The van der Waals surface area contributed by atoms with E-state index < -0.39 is 0 Å². The zero-order valence-electron chi connectivity index (χ0n) is 9.81. The minimum atomic E-state index is -0.248. The molecule has 1 aromatic heterocycles. The van der Waals surface area contributed by atoms with E-state index in [0.717, 1.165) is 32.1 Å². The molecule has 1 aromatic rings. The number of imidazole rings is 1. The number of hydrogen-bond acceptors (Lipinski definition) is 3. The van der Waals surface area contributed by atoms with Crippen LogP contribution in [0.5, 0.6) is 0 Å². The molecule has 0 fully saturated rings. The number of unbranched alkanes of at least 4 members (excludes halogenated alkanes) is 1. The van der Waals surface area contributed by atoms with Crippen molar-refractivity contribution in [2.75, 3.05) is 0 Å². The molecule has 0 saturated carbocycles. The number of aryl methyl sites for hydroxylation is 1. The van der Waals surface area contributed by atoms with Crippen molar-refractivity contribution >= 4 is 6.29 Å². The molecule has 4 nitrogen and oxygen atoms in total. The molecule has 0 unspecified atom stereocenters. The van der Waals surface area contributed by atoms with Gasteiger partial charge in [0.05, 0.1) is 11.5 Å². The third kappa shape index (κ3) is 3.50. The Hall–Kier alpha value is -1.63. The predicted molar refractivity (Wildman–Crippen MR) is 60.9 cm³/mol. The predicted octanol–water partition coefficient (Wildman–Crippen LogP) is 2.42. The summed E-state index contributed by atoms with van der Waals surface area (Å²) in [6, 6.07) is 2.28. The molecular formula is C12H17N3O. The molecular weight excluding hydrogens is 202 g/mol. The summed E-state index contributed by atoms with van der Waals surface area (Å²) in [5.41, 5.74) is -0.248. The van der Waals surface area contributed by atoms with Crippen LogP contribution in [-0.4, -0.2) is 15.8 Å². The first kappa shape index (κ1) is 12.4. The van der Waals surface area contributed by atoms with E-state index in [1.54, 1.807) is 12.4 Å². The van der Waals surface area contributed by atoms with Crippen molar-refractivity contribution < 1.29 is 4.79 Å². The molecule has 0 N–H and O–H groups in total. The summed E-state index contributed by atoms with van der Waals surface area (Å²) >= 11 is 0. The molecule has 0 aromatic carbocycles. The van der Waals surface area contributed by atoms with Gasteiger partial charge in [-0.15, -0.1) is 0 Å². The number of carbonyl (C=O) groups excluding carboxylic acids is 1. The second-order valence-electron chi connectivity index (χ2n) is 4.55. The summed E-state index contributed by atoms with van der Waals surface area (Å²) in [6.07, 6.45) is 7.02. The number of nitriles is 1. The first-order valence-electron chi connectivity index (χ1n) is 5.46. The van der Waals surface area contributed by atoms with Gasteiger partial charge in [0.25, 0.3) is 0 Å². The zero-order chi connectivity index (χ0) is 12.0. The van der Waals surface area contributed by atoms with Gasteiger partial charge in [0.2, 0.25) is 0 Å². The van der Waals surface area contributed by atoms with Crippen LogP contribution in [-0.2, 0) is 6.54 Å². The van der Waals surface area contributed by atoms with Crippen LogP contribution in [0.4, 0.5) is 0 Å². The van der Waals surface area contributed by atoms with Gasteiger partial charge in [0.1, 0.15) is 0 Å². The van der Waals surface area contributed by atoms with E-state index in [2.05, 4.69) is 11.1 Å². The summed E-state index contributed by atoms with van der Waals surface area (Å²) in [6.45, 7) is 4.68. The molecule has 0 saturated heterocycles. The van der Waals surface area contributed by atoms with Crippen LogP contribution >= 0.6 is 0 Å². The van der Waals surface area contributed by atoms with Crippen molar-refractivity contribution in [3.63, 3.8) is 0 Å². The Morgan fingerprint density at radius 3 is 2.94 bits per heavy atom. The normalized spacial score (nSPS) is 11.1. The SMILES string of the molecule is CC(C)(C#N)CCCCn1ccnc1C=O. The molecule has 0 atom stereocenters.